The lowest BCUT2D eigenvalue weighted by Crippen LogP contribution is -2.14. The van der Waals surface area contributed by atoms with Crippen molar-refractivity contribution in [1.29, 1.82) is 0 Å². The van der Waals surface area contributed by atoms with E-state index in [-0.39, 0.29) is 17.7 Å². The first kappa shape index (κ1) is 19.2. The molecule has 0 saturated carbocycles. The van der Waals surface area contributed by atoms with Crippen LogP contribution in [0.3, 0.4) is 0 Å². The summed E-state index contributed by atoms with van der Waals surface area (Å²) in [5, 5.41) is 12.5. The quantitative estimate of drug-likeness (QED) is 0.408. The van der Waals surface area contributed by atoms with Crippen LogP contribution in [0.25, 0.3) is 11.5 Å². The van der Waals surface area contributed by atoms with E-state index in [1.165, 1.54) is 17.7 Å². The Hall–Kier alpha value is -3.18. The number of nitrogens with zero attached hydrogens (tertiary/aromatic N) is 2. The maximum absolute atomic E-state index is 13.6. The average Bonchev–Trinajstić information content (AvgIpc) is 3.23. The molecule has 3 aromatic carbocycles. The zero-order chi connectivity index (χ0) is 20.2. The zero-order valence-corrected chi connectivity index (χ0v) is 16.5. The summed E-state index contributed by atoms with van der Waals surface area (Å²) in [6.45, 7) is 2.10. The molecule has 0 fully saturated rings. The van der Waals surface area contributed by atoms with E-state index in [0.717, 1.165) is 17.7 Å². The monoisotopic (exact) mass is 407 g/mol. The number of anilines is 1. The van der Waals surface area contributed by atoms with Crippen molar-refractivity contribution in [3.63, 3.8) is 0 Å². The molecule has 146 valence electrons. The predicted octanol–water partition coefficient (Wildman–Crippen LogP) is 6.29. The van der Waals surface area contributed by atoms with Gasteiger partial charge in [0.25, 0.3) is 0 Å². The van der Waals surface area contributed by atoms with Crippen molar-refractivity contribution < 1.29 is 8.81 Å². The molecule has 0 aliphatic carbocycles. The van der Waals surface area contributed by atoms with Gasteiger partial charge in [0.15, 0.2) is 0 Å². The second-order valence-electron chi connectivity index (χ2n) is 6.60. The number of aromatic nitrogens is 2. The molecule has 0 saturated heterocycles. The molecular weight excluding hydrogens is 389 g/mol. The van der Waals surface area contributed by atoms with Crippen LogP contribution in [0.4, 0.5) is 10.1 Å². The van der Waals surface area contributed by atoms with E-state index in [1.807, 2.05) is 42.5 Å². The molecule has 1 heterocycles. The Kier molecular flexibility index (Phi) is 5.58. The fourth-order valence-electron chi connectivity index (χ4n) is 3.16. The Bertz CT molecular complexity index is 1110. The lowest BCUT2D eigenvalue weighted by molar-refractivity contribution is 0.493. The van der Waals surface area contributed by atoms with Crippen molar-refractivity contribution in [1.82, 2.24) is 10.2 Å². The molecule has 0 amide bonds. The summed E-state index contributed by atoms with van der Waals surface area (Å²) >= 11 is 6.06. The Balaban J connectivity index is 1.73. The van der Waals surface area contributed by atoms with Gasteiger partial charge in [0.05, 0.1) is 0 Å². The number of para-hydroxylation sites is 1. The SMILES string of the molecule is CCc1ccccc1N[C@@H](c1ccc(Cl)cc1)c1nnc(-c2cccc(F)c2)o1. The number of nitrogens with one attached hydrogen (secondary N) is 1. The van der Waals surface area contributed by atoms with Gasteiger partial charge in [0, 0.05) is 16.3 Å². The van der Waals surface area contributed by atoms with Crippen LogP contribution in [0, 0.1) is 5.82 Å². The Morgan fingerprint density at radius 1 is 1.00 bits per heavy atom. The minimum Gasteiger partial charge on any atom is -0.418 e. The molecule has 6 heteroatoms. The van der Waals surface area contributed by atoms with E-state index >= 15 is 0 Å². The van der Waals surface area contributed by atoms with Gasteiger partial charge in [0.2, 0.25) is 11.8 Å². The first-order valence-electron chi connectivity index (χ1n) is 9.33. The average molecular weight is 408 g/mol. The lowest BCUT2D eigenvalue weighted by atomic mass is 10.0. The molecule has 0 bridgehead atoms. The minimum absolute atomic E-state index is 0.268. The van der Waals surface area contributed by atoms with Gasteiger partial charge >= 0.3 is 0 Å². The Morgan fingerprint density at radius 3 is 2.55 bits per heavy atom. The van der Waals surface area contributed by atoms with Gasteiger partial charge in [-0.2, -0.15) is 0 Å². The molecule has 1 atom stereocenters. The first-order valence-corrected chi connectivity index (χ1v) is 9.71. The van der Waals surface area contributed by atoms with Gasteiger partial charge in [-0.15, -0.1) is 10.2 Å². The molecule has 4 nitrogen and oxygen atoms in total. The summed E-state index contributed by atoms with van der Waals surface area (Å²) in [5.41, 5.74) is 3.62. The Morgan fingerprint density at radius 2 is 1.79 bits per heavy atom. The fourth-order valence-corrected chi connectivity index (χ4v) is 3.28. The predicted molar refractivity (Wildman–Crippen MR) is 112 cm³/mol. The van der Waals surface area contributed by atoms with Crippen molar-refractivity contribution in [2.45, 2.75) is 19.4 Å². The third kappa shape index (κ3) is 4.30. The molecule has 4 aromatic rings. The molecule has 0 radical (unpaired) electrons. The summed E-state index contributed by atoms with van der Waals surface area (Å²) < 4.78 is 19.5. The standard InChI is InChI=1S/C23H19ClFN3O/c1-2-15-6-3-4-9-20(15)26-21(16-10-12-18(24)13-11-16)23-28-27-22(29-23)17-7-5-8-19(25)14-17/h3-14,21,26H,2H2,1H3/t21-/m0/s1. The highest BCUT2D eigenvalue weighted by atomic mass is 35.5. The summed E-state index contributed by atoms with van der Waals surface area (Å²) in [7, 11) is 0. The van der Waals surface area contributed by atoms with Crippen LogP contribution in [0.1, 0.15) is 30.0 Å². The van der Waals surface area contributed by atoms with E-state index in [2.05, 4.69) is 28.5 Å². The number of hydrogen-bond donors (Lipinski definition) is 1. The van der Waals surface area contributed by atoms with E-state index in [1.54, 1.807) is 12.1 Å². The maximum atomic E-state index is 13.6. The normalized spacial score (nSPS) is 12.0. The third-order valence-electron chi connectivity index (χ3n) is 4.66. The Labute approximate surface area is 173 Å². The lowest BCUT2D eigenvalue weighted by Gasteiger charge is -2.19. The number of rotatable bonds is 6. The smallest absolute Gasteiger partial charge is 0.247 e. The van der Waals surface area contributed by atoms with E-state index < -0.39 is 0 Å². The van der Waals surface area contributed by atoms with Gasteiger partial charge in [-0.05, 0) is 53.9 Å². The molecule has 1 aromatic heterocycles. The highest BCUT2D eigenvalue weighted by Crippen LogP contribution is 2.30. The van der Waals surface area contributed by atoms with Gasteiger partial charge in [-0.3, -0.25) is 0 Å². The molecule has 0 spiro atoms. The summed E-state index contributed by atoms with van der Waals surface area (Å²) in [4.78, 5) is 0. The van der Waals surface area contributed by atoms with E-state index in [4.69, 9.17) is 16.0 Å². The van der Waals surface area contributed by atoms with Crippen molar-refractivity contribution in [2.75, 3.05) is 5.32 Å². The molecule has 4 rings (SSSR count). The highest BCUT2D eigenvalue weighted by molar-refractivity contribution is 6.30. The molecule has 29 heavy (non-hydrogen) atoms. The maximum Gasteiger partial charge on any atom is 0.247 e. The van der Waals surface area contributed by atoms with E-state index in [0.29, 0.717) is 16.5 Å². The summed E-state index contributed by atoms with van der Waals surface area (Å²) in [6, 6.07) is 21.3. The van der Waals surface area contributed by atoms with Crippen molar-refractivity contribution in [2.24, 2.45) is 0 Å². The van der Waals surface area contributed by atoms with Crippen LogP contribution in [-0.4, -0.2) is 10.2 Å². The van der Waals surface area contributed by atoms with Gasteiger partial charge in [-0.1, -0.05) is 54.9 Å². The fraction of sp³-hybridized carbons (Fsp3) is 0.130. The third-order valence-corrected chi connectivity index (χ3v) is 4.91. The summed E-state index contributed by atoms with van der Waals surface area (Å²) in [6.07, 6.45) is 0.884. The van der Waals surface area contributed by atoms with Gasteiger partial charge in [0.1, 0.15) is 11.9 Å². The van der Waals surface area contributed by atoms with Crippen LogP contribution >= 0.6 is 11.6 Å². The van der Waals surface area contributed by atoms with Crippen LogP contribution in [0.5, 0.6) is 0 Å². The van der Waals surface area contributed by atoms with Crippen molar-refractivity contribution in [3.8, 4) is 11.5 Å². The minimum atomic E-state index is -0.380. The number of benzene rings is 3. The second-order valence-corrected chi connectivity index (χ2v) is 7.03. The van der Waals surface area contributed by atoms with Crippen LogP contribution in [-0.2, 0) is 6.42 Å². The molecular formula is C23H19ClFN3O. The number of hydrogen-bond acceptors (Lipinski definition) is 4. The first-order chi connectivity index (χ1) is 14.1. The number of aryl methyl sites for hydroxylation is 1. The summed E-state index contributed by atoms with van der Waals surface area (Å²) in [5.74, 6) is 0.299. The van der Waals surface area contributed by atoms with Crippen LogP contribution in [0.15, 0.2) is 77.2 Å². The molecule has 0 unspecified atom stereocenters. The van der Waals surface area contributed by atoms with Gasteiger partial charge < -0.3 is 9.73 Å². The van der Waals surface area contributed by atoms with Crippen molar-refractivity contribution in [3.05, 3.63) is 101 Å². The van der Waals surface area contributed by atoms with Gasteiger partial charge in [-0.25, -0.2) is 4.39 Å². The largest absolute Gasteiger partial charge is 0.418 e. The zero-order valence-electron chi connectivity index (χ0n) is 15.8. The van der Waals surface area contributed by atoms with Crippen LogP contribution < -0.4 is 5.32 Å². The second kappa shape index (κ2) is 8.45. The molecule has 1 N–H and O–H groups in total. The van der Waals surface area contributed by atoms with Crippen LogP contribution in [0.2, 0.25) is 5.02 Å². The highest BCUT2D eigenvalue weighted by Gasteiger charge is 2.22. The topological polar surface area (TPSA) is 51.0 Å². The molecule has 0 aliphatic rings. The van der Waals surface area contributed by atoms with E-state index in [9.17, 15) is 4.39 Å². The molecule has 0 aliphatic heterocycles. The number of halogens is 2. The van der Waals surface area contributed by atoms with Crippen molar-refractivity contribution >= 4 is 17.3 Å².